The summed E-state index contributed by atoms with van der Waals surface area (Å²) < 4.78 is 0. The van der Waals surface area contributed by atoms with Crippen LogP contribution in [0, 0.1) is 0 Å². The molecule has 0 bridgehead atoms. The van der Waals surface area contributed by atoms with Crippen molar-refractivity contribution in [3.05, 3.63) is 114 Å². The SMILES string of the molecule is CN1C(=CC=C(C(=O)c2ccccc2)c2nc3ccccc3[nH]2)C(C)(C)c2ccccc21. The molecule has 0 aliphatic carbocycles. The molecule has 0 amide bonds. The lowest BCUT2D eigenvalue weighted by Gasteiger charge is -2.23. The summed E-state index contributed by atoms with van der Waals surface area (Å²) >= 11 is 0. The van der Waals surface area contributed by atoms with E-state index in [2.05, 4.69) is 61.1 Å². The van der Waals surface area contributed by atoms with Crippen LogP contribution in [-0.4, -0.2) is 22.8 Å². The van der Waals surface area contributed by atoms with E-state index in [0.717, 1.165) is 16.7 Å². The fourth-order valence-corrected chi connectivity index (χ4v) is 4.55. The molecule has 1 aliphatic rings. The Morgan fingerprint density at radius 1 is 0.938 bits per heavy atom. The second kappa shape index (κ2) is 7.65. The molecule has 32 heavy (non-hydrogen) atoms. The van der Waals surface area contributed by atoms with E-state index in [1.165, 1.54) is 11.3 Å². The molecule has 0 fully saturated rings. The van der Waals surface area contributed by atoms with Gasteiger partial charge in [0.05, 0.1) is 16.6 Å². The summed E-state index contributed by atoms with van der Waals surface area (Å²) in [5.41, 5.74) is 6.36. The number of likely N-dealkylation sites (N-methyl/N-ethyl adjacent to an activating group) is 1. The average molecular weight is 420 g/mol. The number of hydrogen-bond donors (Lipinski definition) is 1. The highest BCUT2D eigenvalue weighted by molar-refractivity contribution is 6.28. The number of aromatic amines is 1. The maximum Gasteiger partial charge on any atom is 0.196 e. The van der Waals surface area contributed by atoms with Crippen LogP contribution in [0.15, 0.2) is 96.7 Å². The first-order valence-electron chi connectivity index (χ1n) is 10.8. The molecule has 0 saturated carbocycles. The van der Waals surface area contributed by atoms with Gasteiger partial charge in [0.1, 0.15) is 5.82 Å². The second-order valence-corrected chi connectivity index (χ2v) is 8.63. The number of imidazole rings is 1. The number of carbonyl (C=O) groups is 1. The monoisotopic (exact) mass is 419 g/mol. The van der Waals surface area contributed by atoms with Crippen LogP contribution < -0.4 is 4.90 Å². The smallest absolute Gasteiger partial charge is 0.196 e. The zero-order chi connectivity index (χ0) is 22.3. The maximum absolute atomic E-state index is 13.5. The lowest BCUT2D eigenvalue weighted by Crippen LogP contribution is -2.22. The van der Waals surface area contributed by atoms with Crippen LogP contribution >= 0.6 is 0 Å². The van der Waals surface area contributed by atoms with Crippen LogP contribution in [0.5, 0.6) is 0 Å². The highest BCUT2D eigenvalue weighted by atomic mass is 16.1. The number of anilines is 1. The predicted molar refractivity (Wildman–Crippen MR) is 131 cm³/mol. The van der Waals surface area contributed by atoms with E-state index in [-0.39, 0.29) is 11.2 Å². The number of fused-ring (bicyclic) bond motifs is 2. The zero-order valence-electron chi connectivity index (χ0n) is 18.5. The van der Waals surface area contributed by atoms with Crippen molar-refractivity contribution in [3.63, 3.8) is 0 Å². The highest BCUT2D eigenvalue weighted by Crippen LogP contribution is 2.46. The molecule has 3 aromatic carbocycles. The summed E-state index contributed by atoms with van der Waals surface area (Å²) in [7, 11) is 2.08. The van der Waals surface area contributed by atoms with E-state index in [4.69, 9.17) is 4.98 Å². The first-order chi connectivity index (χ1) is 15.5. The van der Waals surface area contributed by atoms with Crippen molar-refractivity contribution < 1.29 is 4.79 Å². The van der Waals surface area contributed by atoms with Gasteiger partial charge in [-0.3, -0.25) is 4.79 Å². The van der Waals surface area contributed by atoms with Gasteiger partial charge in [-0.1, -0.05) is 74.5 Å². The largest absolute Gasteiger partial charge is 0.347 e. The van der Waals surface area contributed by atoms with Crippen molar-refractivity contribution in [1.29, 1.82) is 0 Å². The van der Waals surface area contributed by atoms with Crippen LogP contribution in [0.4, 0.5) is 5.69 Å². The van der Waals surface area contributed by atoms with Crippen molar-refractivity contribution in [2.75, 3.05) is 11.9 Å². The highest BCUT2D eigenvalue weighted by Gasteiger charge is 2.37. The Kier molecular flexibility index (Phi) is 4.78. The topological polar surface area (TPSA) is 49.0 Å². The summed E-state index contributed by atoms with van der Waals surface area (Å²) in [6.07, 6.45) is 3.97. The van der Waals surface area contributed by atoms with Gasteiger partial charge in [-0.25, -0.2) is 4.98 Å². The van der Waals surface area contributed by atoms with Gasteiger partial charge in [-0.15, -0.1) is 0 Å². The minimum atomic E-state index is -0.170. The van der Waals surface area contributed by atoms with Crippen LogP contribution in [0.25, 0.3) is 16.6 Å². The van der Waals surface area contributed by atoms with E-state index in [9.17, 15) is 4.79 Å². The number of nitrogens with one attached hydrogen (secondary N) is 1. The number of hydrogen-bond acceptors (Lipinski definition) is 3. The number of aromatic nitrogens is 2. The van der Waals surface area contributed by atoms with Crippen molar-refractivity contribution in [1.82, 2.24) is 9.97 Å². The first kappa shape index (κ1) is 20.0. The Balaban J connectivity index is 1.65. The number of nitrogens with zero attached hydrogens (tertiary/aromatic N) is 2. The summed E-state index contributed by atoms with van der Waals surface area (Å²) in [5.74, 6) is 0.519. The van der Waals surface area contributed by atoms with Gasteiger partial charge < -0.3 is 9.88 Å². The van der Waals surface area contributed by atoms with Crippen LogP contribution in [-0.2, 0) is 5.41 Å². The molecule has 0 unspecified atom stereocenters. The Bertz CT molecular complexity index is 1340. The van der Waals surface area contributed by atoms with Crippen molar-refractivity contribution in [2.24, 2.45) is 0 Å². The van der Waals surface area contributed by atoms with Gasteiger partial charge in [-0.2, -0.15) is 0 Å². The molecule has 1 aromatic heterocycles. The number of benzene rings is 3. The van der Waals surface area contributed by atoms with Crippen molar-refractivity contribution in [3.8, 4) is 0 Å². The number of carbonyl (C=O) groups excluding carboxylic acids is 1. The number of para-hydroxylation sites is 3. The average Bonchev–Trinajstić information content (AvgIpc) is 3.32. The molecule has 5 rings (SSSR count). The first-order valence-corrected chi connectivity index (χ1v) is 10.8. The normalized spacial score (nSPS) is 16.5. The van der Waals surface area contributed by atoms with Gasteiger partial charge in [0.15, 0.2) is 5.78 Å². The molecule has 0 atom stereocenters. The summed E-state index contributed by atoms with van der Waals surface area (Å²) in [4.78, 5) is 23.8. The molecule has 2 heterocycles. The van der Waals surface area contributed by atoms with Gasteiger partial charge in [0.2, 0.25) is 0 Å². The number of H-pyrrole nitrogens is 1. The third-order valence-electron chi connectivity index (χ3n) is 6.27. The van der Waals surface area contributed by atoms with E-state index < -0.39 is 0 Å². The number of rotatable bonds is 4. The van der Waals surface area contributed by atoms with Gasteiger partial charge >= 0.3 is 0 Å². The molecule has 1 aliphatic heterocycles. The minimum Gasteiger partial charge on any atom is -0.347 e. The minimum absolute atomic E-state index is 0.0579. The van der Waals surface area contributed by atoms with Crippen LogP contribution in [0.2, 0.25) is 0 Å². The lowest BCUT2D eigenvalue weighted by molar-refractivity contribution is 0.105. The molecule has 0 spiro atoms. The molecule has 4 aromatic rings. The molecule has 4 nitrogen and oxygen atoms in total. The second-order valence-electron chi connectivity index (χ2n) is 8.63. The molecular weight excluding hydrogens is 394 g/mol. The Morgan fingerprint density at radius 3 is 2.38 bits per heavy atom. The third-order valence-corrected chi connectivity index (χ3v) is 6.27. The fourth-order valence-electron chi connectivity index (χ4n) is 4.55. The molecule has 0 saturated heterocycles. The van der Waals surface area contributed by atoms with Crippen LogP contribution in [0.1, 0.15) is 35.6 Å². The lowest BCUT2D eigenvalue weighted by atomic mass is 9.83. The van der Waals surface area contributed by atoms with Crippen molar-refractivity contribution in [2.45, 2.75) is 19.3 Å². The quantitative estimate of drug-likeness (QED) is 0.319. The Morgan fingerprint density at radius 2 is 1.62 bits per heavy atom. The molecular formula is C28H25N3O. The van der Waals surface area contributed by atoms with Crippen molar-refractivity contribution >= 4 is 28.1 Å². The van der Waals surface area contributed by atoms with Crippen LogP contribution in [0.3, 0.4) is 0 Å². The van der Waals surface area contributed by atoms with E-state index in [0.29, 0.717) is 17.0 Å². The number of ketones is 1. The Hall–Kier alpha value is -3.92. The van der Waals surface area contributed by atoms with E-state index in [1.54, 1.807) is 0 Å². The number of Topliss-reactive ketones (excluding diaryl/α,β-unsaturated/α-hetero) is 1. The van der Waals surface area contributed by atoms with Gasteiger partial charge in [0.25, 0.3) is 0 Å². The molecule has 1 N–H and O–H groups in total. The van der Waals surface area contributed by atoms with Gasteiger partial charge in [0, 0.05) is 29.4 Å². The summed E-state index contributed by atoms with van der Waals surface area (Å²) in [6.45, 7) is 4.43. The standard InChI is InChI=1S/C28H25N3O/c1-28(2)21-13-7-10-16-24(21)31(3)25(28)18-17-20(26(32)19-11-5-4-6-12-19)27-29-22-14-8-9-15-23(22)30-27/h4-18H,1-3H3,(H,29,30). The number of allylic oxidation sites excluding steroid dienone is 4. The summed E-state index contributed by atoms with van der Waals surface area (Å²) in [5, 5.41) is 0. The predicted octanol–water partition coefficient (Wildman–Crippen LogP) is 6.14. The molecule has 4 heteroatoms. The van der Waals surface area contributed by atoms with Gasteiger partial charge in [-0.05, 0) is 35.9 Å². The van der Waals surface area contributed by atoms with E-state index >= 15 is 0 Å². The molecule has 0 radical (unpaired) electrons. The fraction of sp³-hybridized carbons (Fsp3) is 0.143. The zero-order valence-corrected chi connectivity index (χ0v) is 18.5. The summed E-state index contributed by atoms with van der Waals surface area (Å²) in [6, 6.07) is 25.6. The van der Waals surface area contributed by atoms with E-state index in [1.807, 2.05) is 60.7 Å². The Labute approximate surface area is 187 Å². The molecule has 158 valence electrons. The maximum atomic E-state index is 13.5. The third kappa shape index (κ3) is 3.25.